The molecule has 0 aromatic rings. The SMILES string of the molecule is C=CC(=O)OCC1CCC(OC(=O)C(C)(C)CC)C(O)C1.C=CCCCCCCCCOC(=O)C(C)(C)CC.CCC(C)(C)C(=O)OC.CCC(C)(C)C(=O)OCC1CO1.CCC(C)(C)C(=O)OCCC[Si](O[Si](C)(C)C)(O[Si](C)(C)C)O[Si](C)(C)C.CCC(C)(C)C(=O)OCCC[Si](O[Si](C)(C)C)(O[Si](C)(C)C)O[Si](C)(C)C.CCC(C)(C)C(=O)OCCC[Si](O[Si](C)(C)C)(O[Si](C)(C)C)O[Si](C)(C)C. The first-order chi connectivity index (χ1) is 63.4. The Morgan fingerprint density at radius 3 is 0.773 bits per heavy atom. The molecule has 1 saturated heterocycles. The normalized spacial score (nSPS) is 16.2. The van der Waals surface area contributed by atoms with Crippen LogP contribution in [0.1, 0.15) is 274 Å². The van der Waals surface area contributed by atoms with Gasteiger partial charge in [-0.2, -0.15) is 0 Å². The lowest BCUT2D eigenvalue weighted by atomic mass is 9.85. The zero-order chi connectivity index (χ0) is 112. The summed E-state index contributed by atoms with van der Waals surface area (Å²) in [4.78, 5) is 93.6. The number of aliphatic hydroxyl groups excluding tert-OH is 1. The molecule has 2 rings (SSSR count). The first-order valence-electron chi connectivity index (χ1n) is 52.5. The summed E-state index contributed by atoms with van der Waals surface area (Å²) >= 11 is 0. The molecule has 836 valence electrons. The Balaban J connectivity index is -0.000000522. The van der Waals surface area contributed by atoms with Crippen molar-refractivity contribution in [3.05, 3.63) is 25.3 Å². The van der Waals surface area contributed by atoms with Gasteiger partial charge in [0.1, 0.15) is 18.8 Å². The Hall–Kier alpha value is -2.60. The summed E-state index contributed by atoms with van der Waals surface area (Å²) in [6.45, 7) is 110. The van der Waals surface area contributed by atoms with Crippen LogP contribution >= 0.6 is 0 Å². The van der Waals surface area contributed by atoms with Crippen LogP contribution in [0, 0.1) is 43.8 Å². The number of carbonyl (C=O) groups is 8. The van der Waals surface area contributed by atoms with Gasteiger partial charge < -0.3 is 84.8 Å². The summed E-state index contributed by atoms with van der Waals surface area (Å²) in [6, 6.07) is 2.10. The molecule has 0 aromatic heterocycles. The molecule has 4 unspecified atom stereocenters. The Morgan fingerprint density at radius 2 is 0.553 bits per heavy atom. The summed E-state index contributed by atoms with van der Waals surface area (Å²) in [7, 11) is -23.8. The molecule has 1 N–H and O–H groups in total. The molecule has 0 aromatic carbocycles. The van der Waals surface area contributed by atoms with Crippen molar-refractivity contribution in [3.63, 3.8) is 0 Å². The van der Waals surface area contributed by atoms with Crippen LogP contribution in [0.5, 0.6) is 0 Å². The first-order valence-corrected chi connectivity index (χ1v) is 89.0. The minimum absolute atomic E-state index is 0.0593. The average molecular weight is 2210 g/mol. The molecule has 2 fully saturated rings. The van der Waals surface area contributed by atoms with Crippen LogP contribution in [-0.2, 0) is 118 Å². The molecule has 4 atom stereocenters. The van der Waals surface area contributed by atoms with E-state index in [1.807, 2.05) is 151 Å². The van der Waals surface area contributed by atoms with E-state index in [2.05, 4.69) is 195 Å². The lowest BCUT2D eigenvalue weighted by Gasteiger charge is -2.43. The second-order valence-electron chi connectivity index (χ2n) is 50.8. The van der Waals surface area contributed by atoms with E-state index in [0.29, 0.717) is 89.7 Å². The van der Waals surface area contributed by atoms with E-state index < -0.39 is 141 Å². The van der Waals surface area contributed by atoms with E-state index in [1.165, 1.54) is 32.8 Å². The molecular formula is C102H218O27Si12. The van der Waals surface area contributed by atoms with Crippen molar-refractivity contribution in [3.8, 4) is 0 Å². The maximum Gasteiger partial charge on any atom is 0.469 e. The number of ether oxygens (including phenoxy) is 9. The fraction of sp³-hybridized carbons (Fsp3) is 0.882. The topological polar surface area (TPSA) is 326 Å². The molecule has 2 aliphatic rings. The molecule has 1 saturated carbocycles. The number of esters is 8. The summed E-state index contributed by atoms with van der Waals surface area (Å²) in [5, 5.41) is 10.1. The highest BCUT2D eigenvalue weighted by atomic mass is 28.5. The Labute approximate surface area is 875 Å². The zero-order valence-electron chi connectivity index (χ0n) is 99.7. The molecule has 0 spiro atoms. The lowest BCUT2D eigenvalue weighted by molar-refractivity contribution is -0.170. The molecule has 1 aliphatic heterocycles. The molecule has 0 amide bonds. The van der Waals surface area contributed by atoms with Gasteiger partial charge in [-0.15, -0.1) is 6.58 Å². The molecule has 0 bridgehead atoms. The number of epoxide rings is 1. The quantitative estimate of drug-likeness (QED) is 0.0112. The molecule has 141 heavy (non-hydrogen) atoms. The van der Waals surface area contributed by atoms with Crippen molar-refractivity contribution < 1.29 is 123 Å². The summed E-state index contributed by atoms with van der Waals surface area (Å²) in [5.74, 6) is -1.37. The van der Waals surface area contributed by atoms with Gasteiger partial charge in [0.15, 0.2) is 74.9 Å². The summed E-state index contributed by atoms with van der Waals surface area (Å²) < 4.78 is 107. The second kappa shape index (κ2) is 65.6. The Bertz CT molecular complexity index is 3240. The highest BCUT2D eigenvalue weighted by Crippen LogP contribution is 2.38. The molecule has 39 heteroatoms. The largest absolute Gasteiger partial charge is 0.469 e. The van der Waals surface area contributed by atoms with Crippen LogP contribution in [0.2, 0.25) is 195 Å². The van der Waals surface area contributed by atoms with Gasteiger partial charge in [0, 0.05) is 24.2 Å². The van der Waals surface area contributed by atoms with Gasteiger partial charge in [-0.25, -0.2) is 4.79 Å². The molecule has 27 nitrogen and oxygen atoms in total. The second-order valence-corrected chi connectivity index (χ2v) is 102. The van der Waals surface area contributed by atoms with Gasteiger partial charge in [-0.05, 0) is 382 Å². The van der Waals surface area contributed by atoms with Gasteiger partial charge >= 0.3 is 74.2 Å². The average Bonchev–Trinajstić information content (AvgIpc) is 1.81. The fourth-order valence-electron chi connectivity index (χ4n) is 12.1. The van der Waals surface area contributed by atoms with Crippen LogP contribution < -0.4 is 0 Å². The van der Waals surface area contributed by atoms with E-state index in [4.69, 9.17) is 74.9 Å². The zero-order valence-corrected chi connectivity index (χ0v) is 112. The van der Waals surface area contributed by atoms with E-state index in [0.717, 1.165) is 76.9 Å². The number of carbonyl (C=O) groups excluding carboxylic acids is 8. The van der Waals surface area contributed by atoms with E-state index >= 15 is 0 Å². The predicted octanol–water partition coefficient (Wildman–Crippen LogP) is 27.6. The van der Waals surface area contributed by atoms with E-state index in [-0.39, 0.29) is 76.7 Å². The van der Waals surface area contributed by atoms with Crippen molar-refractivity contribution >= 4 is 149 Å². The minimum atomic E-state index is -2.83. The van der Waals surface area contributed by atoms with Crippen LogP contribution in [0.25, 0.3) is 0 Å². The lowest BCUT2D eigenvalue weighted by Crippen LogP contribution is -2.60. The third kappa shape index (κ3) is 74.9. The van der Waals surface area contributed by atoms with E-state index in [9.17, 15) is 43.5 Å². The number of methoxy groups -OCH3 is 1. The van der Waals surface area contributed by atoms with Gasteiger partial charge in [0.25, 0.3) is 0 Å². The van der Waals surface area contributed by atoms with Gasteiger partial charge in [-0.1, -0.05) is 86.8 Å². The smallest absolute Gasteiger partial charge is 0.469 e. The van der Waals surface area contributed by atoms with E-state index in [1.54, 1.807) is 0 Å². The standard InChI is InChI=1S/3C18H44O5Si4.C16H26O5.C16H30O2.C9H16O3.C7H14O2/c3*1-13-18(2,3)17(19)20-15-14-16-27(21-24(4,5)6,22-25(7,8)9)23-26(10,11)12;1-5-14(18)20-10-11-7-8-13(12(17)9-11)21-15(19)16(3,4)6-2;1-5-7-8-9-10-11-12-13-14-18-15(17)16(3,4)6-2;1-4-9(2,3)8(10)12-6-7-5-11-7;1-5-7(2,3)6(8)9-4/h3*13-16H2,1-12H3;5,11-13,17H,1,6-10H2,2-4H3;5H,1,6-14H2,2-4H3;7H,4-6H2,1-3H3;5H2,1-4H3. The van der Waals surface area contributed by atoms with Gasteiger partial charge in [0.05, 0.1) is 90.8 Å². The van der Waals surface area contributed by atoms with Crippen molar-refractivity contribution in [2.75, 3.05) is 53.4 Å². The number of allylic oxidation sites excluding steroid dienone is 1. The van der Waals surface area contributed by atoms with Crippen LogP contribution in [0.3, 0.4) is 0 Å². The summed E-state index contributed by atoms with van der Waals surface area (Å²) in [6.07, 6.45) is 19.8. The first kappa shape index (κ1) is 147. The predicted molar refractivity (Wildman–Crippen MR) is 607 cm³/mol. The number of aliphatic hydroxyl groups is 1. The van der Waals surface area contributed by atoms with Crippen LogP contribution in [-0.4, -0.2) is 226 Å². The maximum atomic E-state index is 12.2. The third-order valence-electron chi connectivity index (χ3n) is 22.6. The maximum absolute atomic E-state index is 12.2. The number of rotatable bonds is 59. The monoisotopic (exact) mass is 2210 g/mol. The number of unbranched alkanes of at least 4 members (excludes halogenated alkanes) is 6. The third-order valence-corrected chi connectivity index (χ3v) is 58.7. The van der Waals surface area contributed by atoms with Crippen LogP contribution in [0.15, 0.2) is 25.3 Å². The number of hydrogen-bond acceptors (Lipinski definition) is 27. The van der Waals surface area contributed by atoms with Gasteiger partial charge in [-0.3, -0.25) is 33.6 Å². The van der Waals surface area contributed by atoms with Gasteiger partial charge in [0.2, 0.25) is 0 Å². The van der Waals surface area contributed by atoms with Crippen molar-refractivity contribution in [2.45, 2.75) is 487 Å². The van der Waals surface area contributed by atoms with Crippen molar-refractivity contribution in [1.29, 1.82) is 0 Å². The number of hydrogen-bond donors (Lipinski definition) is 1. The molecule has 0 radical (unpaired) electrons. The highest BCUT2D eigenvalue weighted by Gasteiger charge is 2.54. The fourth-order valence-corrected chi connectivity index (χ4v) is 56.0. The Kier molecular flexibility index (Phi) is 68.3. The summed E-state index contributed by atoms with van der Waals surface area (Å²) in [5.41, 5.74) is -2.84. The molecular weight excluding hydrogens is 1990 g/mol. The molecule has 1 aliphatic carbocycles. The minimum Gasteiger partial charge on any atom is -0.469 e. The highest BCUT2D eigenvalue weighted by molar-refractivity contribution is 6.92. The van der Waals surface area contributed by atoms with Crippen LogP contribution in [0.4, 0.5) is 0 Å². The molecule has 1 heterocycles. The van der Waals surface area contributed by atoms with Crippen molar-refractivity contribution in [2.24, 2.45) is 43.8 Å². The Morgan fingerprint density at radius 1 is 0.319 bits per heavy atom. The van der Waals surface area contributed by atoms with Crippen molar-refractivity contribution in [1.82, 2.24) is 0 Å².